The summed E-state index contributed by atoms with van der Waals surface area (Å²) in [5, 5.41) is 9.14. The van der Waals surface area contributed by atoms with Crippen LogP contribution in [0.3, 0.4) is 0 Å². The largest absolute Gasteiger partial charge is 0.395 e. The van der Waals surface area contributed by atoms with Crippen LogP contribution in [0.25, 0.3) is 0 Å². The van der Waals surface area contributed by atoms with Gasteiger partial charge in [-0.2, -0.15) is 0 Å². The molecule has 3 nitrogen and oxygen atoms in total. The summed E-state index contributed by atoms with van der Waals surface area (Å²) in [5.74, 6) is 0. The minimum atomic E-state index is 0.248. The molecule has 0 saturated heterocycles. The Labute approximate surface area is 108 Å². The van der Waals surface area contributed by atoms with Crippen molar-refractivity contribution in [1.29, 1.82) is 0 Å². The summed E-state index contributed by atoms with van der Waals surface area (Å²) in [6.07, 6.45) is 3.35. The van der Waals surface area contributed by atoms with E-state index in [0.717, 1.165) is 38.0 Å². The number of rotatable bonds is 8. The molecule has 1 heterocycles. The van der Waals surface area contributed by atoms with Crippen LogP contribution >= 0.6 is 11.3 Å². The predicted octanol–water partition coefficient (Wildman–Crippen LogP) is 2.48. The second-order valence-electron chi connectivity index (χ2n) is 4.34. The Balaban J connectivity index is 2.52. The van der Waals surface area contributed by atoms with Crippen molar-refractivity contribution in [3.63, 3.8) is 0 Å². The highest BCUT2D eigenvalue weighted by Crippen LogP contribution is 2.15. The van der Waals surface area contributed by atoms with Crippen molar-refractivity contribution in [1.82, 2.24) is 9.88 Å². The van der Waals surface area contributed by atoms with E-state index in [1.807, 2.05) is 5.51 Å². The summed E-state index contributed by atoms with van der Waals surface area (Å²) < 4.78 is 0. The van der Waals surface area contributed by atoms with Crippen molar-refractivity contribution < 1.29 is 5.11 Å². The van der Waals surface area contributed by atoms with E-state index in [4.69, 9.17) is 5.11 Å². The van der Waals surface area contributed by atoms with Crippen molar-refractivity contribution in [3.05, 3.63) is 16.1 Å². The Morgan fingerprint density at radius 3 is 2.53 bits per heavy atom. The molecule has 1 N–H and O–H groups in total. The Bertz CT molecular complexity index is 310. The molecule has 0 radical (unpaired) electrons. The molecule has 0 fully saturated rings. The Hall–Kier alpha value is -0.450. The second-order valence-corrected chi connectivity index (χ2v) is 5.28. The minimum absolute atomic E-state index is 0.248. The van der Waals surface area contributed by atoms with Crippen LogP contribution < -0.4 is 0 Å². The number of aliphatic hydroxyl groups is 1. The summed E-state index contributed by atoms with van der Waals surface area (Å²) >= 11 is 1.74. The van der Waals surface area contributed by atoms with Crippen molar-refractivity contribution >= 4 is 11.3 Å². The molecule has 98 valence electrons. The SMILES string of the molecule is CCC(CC)N(CCO)CCc1scnc1C. The number of nitrogens with zero attached hydrogens (tertiary/aromatic N) is 2. The summed E-state index contributed by atoms with van der Waals surface area (Å²) in [6, 6.07) is 0.593. The highest BCUT2D eigenvalue weighted by atomic mass is 32.1. The second kappa shape index (κ2) is 7.80. The van der Waals surface area contributed by atoms with E-state index in [1.54, 1.807) is 11.3 Å². The van der Waals surface area contributed by atoms with Crippen LogP contribution in [-0.4, -0.2) is 40.7 Å². The molecule has 0 bridgehead atoms. The van der Waals surface area contributed by atoms with Gasteiger partial charge in [-0.1, -0.05) is 13.8 Å². The molecule has 0 aromatic carbocycles. The van der Waals surface area contributed by atoms with Crippen LogP contribution in [0, 0.1) is 6.92 Å². The fraction of sp³-hybridized carbons (Fsp3) is 0.769. The van der Waals surface area contributed by atoms with E-state index in [0.29, 0.717) is 6.04 Å². The molecule has 4 heteroatoms. The lowest BCUT2D eigenvalue weighted by Crippen LogP contribution is -2.38. The third kappa shape index (κ3) is 4.37. The third-order valence-corrected chi connectivity index (χ3v) is 4.31. The molecule has 17 heavy (non-hydrogen) atoms. The van der Waals surface area contributed by atoms with Crippen LogP contribution in [0.15, 0.2) is 5.51 Å². The number of thiazole rings is 1. The summed E-state index contributed by atoms with van der Waals surface area (Å²) in [6.45, 7) is 8.56. The first-order chi connectivity index (χ1) is 8.22. The van der Waals surface area contributed by atoms with Crippen LogP contribution in [-0.2, 0) is 6.42 Å². The Morgan fingerprint density at radius 1 is 1.35 bits per heavy atom. The van der Waals surface area contributed by atoms with E-state index in [9.17, 15) is 0 Å². The Kier molecular flexibility index (Phi) is 6.70. The molecule has 0 saturated carbocycles. The zero-order valence-corrected chi connectivity index (χ0v) is 12.0. The molecule has 1 aromatic rings. The molecule has 0 spiro atoms. The van der Waals surface area contributed by atoms with Gasteiger partial charge in [-0.15, -0.1) is 11.3 Å². The molecular weight excluding hydrogens is 232 g/mol. The van der Waals surface area contributed by atoms with Crippen molar-refractivity contribution in [2.24, 2.45) is 0 Å². The maximum absolute atomic E-state index is 9.14. The highest BCUT2D eigenvalue weighted by Gasteiger charge is 2.15. The van der Waals surface area contributed by atoms with Gasteiger partial charge in [0.2, 0.25) is 0 Å². The van der Waals surface area contributed by atoms with Crippen LogP contribution in [0.4, 0.5) is 0 Å². The fourth-order valence-electron chi connectivity index (χ4n) is 2.22. The van der Waals surface area contributed by atoms with Gasteiger partial charge in [-0.3, -0.25) is 4.90 Å². The van der Waals surface area contributed by atoms with Crippen LogP contribution in [0.2, 0.25) is 0 Å². The van der Waals surface area contributed by atoms with Crippen molar-refractivity contribution in [3.8, 4) is 0 Å². The lowest BCUT2D eigenvalue weighted by Gasteiger charge is -2.29. The molecule has 0 unspecified atom stereocenters. The number of aryl methyl sites for hydroxylation is 1. The molecule has 0 atom stereocenters. The number of hydrogen-bond acceptors (Lipinski definition) is 4. The smallest absolute Gasteiger partial charge is 0.0797 e. The standard InChI is InChI=1S/C13H24N2OS/c1-4-12(5-2)15(8-9-16)7-6-13-11(3)14-10-17-13/h10,12,16H,4-9H2,1-3H3. The zero-order valence-electron chi connectivity index (χ0n) is 11.1. The highest BCUT2D eigenvalue weighted by molar-refractivity contribution is 7.09. The van der Waals surface area contributed by atoms with Crippen molar-refractivity contribution in [2.75, 3.05) is 19.7 Å². The normalized spacial score (nSPS) is 11.6. The van der Waals surface area contributed by atoms with Gasteiger partial charge in [0, 0.05) is 24.0 Å². The maximum atomic E-state index is 9.14. The quantitative estimate of drug-likeness (QED) is 0.776. The van der Waals surface area contributed by atoms with E-state index in [2.05, 4.69) is 30.7 Å². The average Bonchev–Trinajstić information content (AvgIpc) is 2.73. The number of aromatic nitrogens is 1. The summed E-state index contributed by atoms with van der Waals surface area (Å²) in [7, 11) is 0. The van der Waals surface area contributed by atoms with Gasteiger partial charge in [0.1, 0.15) is 0 Å². The van der Waals surface area contributed by atoms with Gasteiger partial charge >= 0.3 is 0 Å². The summed E-state index contributed by atoms with van der Waals surface area (Å²) in [4.78, 5) is 8.05. The Morgan fingerprint density at radius 2 is 2.06 bits per heavy atom. The molecule has 1 aromatic heterocycles. The van der Waals surface area contributed by atoms with Crippen molar-refractivity contribution in [2.45, 2.75) is 46.1 Å². The lowest BCUT2D eigenvalue weighted by atomic mass is 10.1. The number of hydrogen-bond donors (Lipinski definition) is 1. The lowest BCUT2D eigenvalue weighted by molar-refractivity contribution is 0.145. The van der Waals surface area contributed by atoms with Crippen LogP contribution in [0.5, 0.6) is 0 Å². The van der Waals surface area contributed by atoms with Gasteiger partial charge in [0.15, 0.2) is 0 Å². The van der Waals surface area contributed by atoms with E-state index >= 15 is 0 Å². The first kappa shape index (κ1) is 14.6. The topological polar surface area (TPSA) is 36.4 Å². The maximum Gasteiger partial charge on any atom is 0.0797 e. The molecular formula is C13H24N2OS. The molecule has 0 aliphatic rings. The first-order valence-electron chi connectivity index (χ1n) is 6.46. The number of aliphatic hydroxyl groups excluding tert-OH is 1. The molecule has 1 rings (SSSR count). The van der Waals surface area contributed by atoms with E-state index < -0.39 is 0 Å². The first-order valence-corrected chi connectivity index (χ1v) is 7.34. The molecule has 0 amide bonds. The van der Waals surface area contributed by atoms with Gasteiger partial charge in [-0.05, 0) is 26.2 Å². The predicted molar refractivity (Wildman–Crippen MR) is 73.6 cm³/mol. The van der Waals surface area contributed by atoms with Gasteiger partial charge in [0.05, 0.1) is 17.8 Å². The van der Waals surface area contributed by atoms with E-state index in [1.165, 1.54) is 4.88 Å². The third-order valence-electron chi connectivity index (χ3n) is 3.32. The van der Waals surface area contributed by atoms with Crippen LogP contribution in [0.1, 0.15) is 37.3 Å². The van der Waals surface area contributed by atoms with Gasteiger partial charge < -0.3 is 5.11 Å². The fourth-order valence-corrected chi connectivity index (χ4v) is 2.99. The summed E-state index contributed by atoms with van der Waals surface area (Å²) in [5.41, 5.74) is 3.07. The molecule has 0 aliphatic carbocycles. The van der Waals surface area contributed by atoms with E-state index in [-0.39, 0.29) is 6.61 Å². The minimum Gasteiger partial charge on any atom is -0.395 e. The zero-order chi connectivity index (χ0) is 12.7. The monoisotopic (exact) mass is 256 g/mol. The average molecular weight is 256 g/mol. The molecule has 0 aliphatic heterocycles. The van der Waals surface area contributed by atoms with Gasteiger partial charge in [0.25, 0.3) is 0 Å². The van der Waals surface area contributed by atoms with Gasteiger partial charge in [-0.25, -0.2) is 4.98 Å².